The third-order valence-corrected chi connectivity index (χ3v) is 7.87. The lowest BCUT2D eigenvalue weighted by molar-refractivity contribution is 0.0273. The van der Waals surface area contributed by atoms with Crippen molar-refractivity contribution in [2.75, 3.05) is 49.5 Å². The predicted molar refractivity (Wildman–Crippen MR) is 130 cm³/mol. The van der Waals surface area contributed by atoms with Crippen LogP contribution in [-0.4, -0.2) is 73.7 Å². The molecule has 2 aliphatic heterocycles. The number of rotatable bonds is 8. The fraction of sp³-hybridized carbons (Fsp3) is 0.720. The molecule has 3 fully saturated rings. The molecule has 2 amide bonds. The Morgan fingerprint density at radius 2 is 1.91 bits per heavy atom. The number of nitrogens with zero attached hydrogens (tertiary/aromatic N) is 2. The molecule has 0 aromatic heterocycles. The molecule has 10 heteroatoms. The molecular formula is C25H38F3N5O2. The van der Waals surface area contributed by atoms with Crippen LogP contribution < -0.4 is 20.9 Å². The summed E-state index contributed by atoms with van der Waals surface area (Å²) in [5, 5.41) is 18.0. The highest BCUT2D eigenvalue weighted by atomic mass is 19.1. The number of carbonyl (C=O) groups excluding carboxylic acids is 1. The standard InChI is InChI=1S/C25H38F3N5O2/c1-3-32-24-18(11-16(26)14-31-24)22-15(2)5-4-6-21(22)33(25(32)35)23-19(27)12-17(13-20(23)28)30-8-7-29-9-10-34/h12-13,15-16,18,21-22,24,29-31,34H,3-11,14H2,1-2H3. The summed E-state index contributed by atoms with van der Waals surface area (Å²) < 4.78 is 45.6. The van der Waals surface area contributed by atoms with E-state index < -0.39 is 29.9 Å². The van der Waals surface area contributed by atoms with Crippen molar-refractivity contribution in [3.05, 3.63) is 23.8 Å². The van der Waals surface area contributed by atoms with Gasteiger partial charge in [0.2, 0.25) is 0 Å². The van der Waals surface area contributed by atoms with Gasteiger partial charge in [0.05, 0.1) is 12.8 Å². The minimum atomic E-state index is -1.00. The molecule has 6 unspecified atom stereocenters. The summed E-state index contributed by atoms with van der Waals surface area (Å²) in [6.07, 6.45) is 1.43. The van der Waals surface area contributed by atoms with Crippen LogP contribution in [0.4, 0.5) is 29.3 Å². The van der Waals surface area contributed by atoms with E-state index in [0.717, 1.165) is 12.8 Å². The molecule has 0 radical (unpaired) electrons. The first-order valence-electron chi connectivity index (χ1n) is 12.9. The average Bonchev–Trinajstić information content (AvgIpc) is 2.91. The Hall–Kier alpha value is -2.04. The number of benzene rings is 1. The normalized spacial score (nSPS) is 31.1. The van der Waals surface area contributed by atoms with Crippen molar-refractivity contribution in [2.24, 2.45) is 17.8 Å². The van der Waals surface area contributed by atoms with E-state index in [4.69, 9.17) is 5.11 Å². The van der Waals surface area contributed by atoms with Gasteiger partial charge in [-0.25, -0.2) is 18.0 Å². The summed E-state index contributed by atoms with van der Waals surface area (Å²) in [5.41, 5.74) is -0.0368. The van der Waals surface area contributed by atoms with Crippen LogP contribution in [0.3, 0.4) is 0 Å². The first-order valence-corrected chi connectivity index (χ1v) is 12.9. The van der Waals surface area contributed by atoms with Crippen LogP contribution in [0.5, 0.6) is 0 Å². The molecular weight excluding hydrogens is 459 g/mol. The lowest BCUT2D eigenvalue weighted by atomic mass is 9.67. The highest BCUT2D eigenvalue weighted by Crippen LogP contribution is 2.47. The topological polar surface area (TPSA) is 79.9 Å². The fourth-order valence-electron chi connectivity index (χ4n) is 6.43. The number of amides is 2. The van der Waals surface area contributed by atoms with Gasteiger partial charge in [0, 0.05) is 50.4 Å². The predicted octanol–water partition coefficient (Wildman–Crippen LogP) is 3.30. The molecule has 35 heavy (non-hydrogen) atoms. The lowest BCUT2D eigenvalue weighted by Gasteiger charge is -2.46. The number of piperidine rings is 1. The van der Waals surface area contributed by atoms with Crippen molar-refractivity contribution >= 4 is 17.4 Å². The molecule has 2 heterocycles. The average molecular weight is 498 g/mol. The second-order valence-electron chi connectivity index (χ2n) is 10.0. The SMILES string of the molecule is CCN1C(=O)N(c2c(F)cc(NCCNCCO)cc2F)C2CCCC(C)C2C2CC(F)CNC21. The zero-order chi connectivity index (χ0) is 25.1. The number of carbonyl (C=O) groups is 1. The van der Waals surface area contributed by atoms with E-state index >= 15 is 8.78 Å². The van der Waals surface area contributed by atoms with Crippen molar-refractivity contribution in [3.8, 4) is 0 Å². The second-order valence-corrected chi connectivity index (χ2v) is 10.0. The van der Waals surface area contributed by atoms with Crippen LogP contribution in [0, 0.1) is 29.4 Å². The number of aliphatic hydroxyl groups excluding tert-OH is 1. The number of fused-ring (bicyclic) bond motifs is 3. The van der Waals surface area contributed by atoms with Gasteiger partial charge in [-0.1, -0.05) is 19.8 Å². The Balaban J connectivity index is 1.69. The number of hydrogen-bond donors (Lipinski definition) is 4. The largest absolute Gasteiger partial charge is 0.395 e. The maximum Gasteiger partial charge on any atom is 0.326 e. The summed E-state index contributed by atoms with van der Waals surface area (Å²) in [6.45, 7) is 5.89. The number of anilines is 2. The number of alkyl halides is 1. The highest BCUT2D eigenvalue weighted by molar-refractivity contribution is 5.94. The highest BCUT2D eigenvalue weighted by Gasteiger charge is 2.52. The first kappa shape index (κ1) is 26.0. The summed E-state index contributed by atoms with van der Waals surface area (Å²) in [6, 6.07) is 1.63. The third kappa shape index (κ3) is 5.24. The first-order chi connectivity index (χ1) is 16.9. The van der Waals surface area contributed by atoms with Crippen molar-refractivity contribution in [1.82, 2.24) is 15.5 Å². The lowest BCUT2D eigenvalue weighted by Crippen LogP contribution is -2.59. The van der Waals surface area contributed by atoms with Gasteiger partial charge in [0.1, 0.15) is 11.9 Å². The van der Waals surface area contributed by atoms with Crippen molar-refractivity contribution < 1.29 is 23.1 Å². The van der Waals surface area contributed by atoms with Gasteiger partial charge in [-0.15, -0.1) is 0 Å². The Bertz CT molecular complexity index is 868. The van der Waals surface area contributed by atoms with Gasteiger partial charge in [-0.2, -0.15) is 0 Å². The van der Waals surface area contributed by atoms with E-state index in [9.17, 15) is 9.18 Å². The summed E-state index contributed by atoms with van der Waals surface area (Å²) >= 11 is 0. The molecule has 4 rings (SSSR count). The fourth-order valence-corrected chi connectivity index (χ4v) is 6.43. The number of aliphatic hydroxyl groups is 1. The third-order valence-electron chi connectivity index (χ3n) is 7.87. The van der Waals surface area contributed by atoms with Crippen molar-refractivity contribution in [3.63, 3.8) is 0 Å². The maximum absolute atomic E-state index is 15.5. The van der Waals surface area contributed by atoms with Crippen LogP contribution in [0.25, 0.3) is 0 Å². The molecule has 0 spiro atoms. The van der Waals surface area contributed by atoms with Gasteiger partial charge < -0.3 is 20.6 Å². The monoisotopic (exact) mass is 497 g/mol. The van der Waals surface area contributed by atoms with Gasteiger partial charge in [0.25, 0.3) is 0 Å². The van der Waals surface area contributed by atoms with E-state index in [1.807, 2.05) is 6.92 Å². The van der Waals surface area contributed by atoms with Crippen molar-refractivity contribution in [2.45, 2.75) is 57.9 Å². The van der Waals surface area contributed by atoms with Gasteiger partial charge in [-0.3, -0.25) is 10.2 Å². The molecule has 4 N–H and O–H groups in total. The van der Waals surface area contributed by atoms with Crippen LogP contribution in [0.15, 0.2) is 12.1 Å². The zero-order valence-corrected chi connectivity index (χ0v) is 20.6. The Labute approximate surface area is 205 Å². The van der Waals surface area contributed by atoms with E-state index in [1.54, 1.807) is 4.90 Å². The number of nitrogens with one attached hydrogen (secondary N) is 3. The summed E-state index contributed by atoms with van der Waals surface area (Å²) in [4.78, 5) is 16.8. The molecule has 1 aromatic rings. The molecule has 1 aromatic carbocycles. The van der Waals surface area contributed by atoms with Crippen LogP contribution in [-0.2, 0) is 0 Å². The molecule has 7 nitrogen and oxygen atoms in total. The quantitative estimate of drug-likeness (QED) is 0.415. The molecule has 3 aliphatic rings. The van der Waals surface area contributed by atoms with Crippen molar-refractivity contribution in [1.29, 1.82) is 0 Å². The molecule has 2 saturated heterocycles. The zero-order valence-electron chi connectivity index (χ0n) is 20.6. The van der Waals surface area contributed by atoms with Gasteiger partial charge in [-0.05, 0) is 43.7 Å². The maximum atomic E-state index is 15.5. The minimum absolute atomic E-state index is 0.0145. The van der Waals surface area contributed by atoms with Gasteiger partial charge >= 0.3 is 6.03 Å². The number of urea groups is 1. The van der Waals surface area contributed by atoms with E-state index in [-0.39, 0.29) is 48.4 Å². The van der Waals surface area contributed by atoms with E-state index in [2.05, 4.69) is 22.9 Å². The molecule has 6 atom stereocenters. The van der Waals surface area contributed by atoms with Crippen LogP contribution in [0.2, 0.25) is 0 Å². The summed E-state index contributed by atoms with van der Waals surface area (Å²) in [7, 11) is 0. The number of halogens is 3. The molecule has 196 valence electrons. The smallest absolute Gasteiger partial charge is 0.326 e. The second kappa shape index (κ2) is 11.3. The van der Waals surface area contributed by atoms with Gasteiger partial charge in [0.15, 0.2) is 11.6 Å². The number of hydrogen-bond acceptors (Lipinski definition) is 5. The minimum Gasteiger partial charge on any atom is -0.395 e. The summed E-state index contributed by atoms with van der Waals surface area (Å²) in [5.74, 6) is -1.56. The molecule has 1 saturated carbocycles. The van der Waals surface area contributed by atoms with E-state index in [1.165, 1.54) is 17.0 Å². The molecule has 0 bridgehead atoms. The Morgan fingerprint density at radius 3 is 2.60 bits per heavy atom. The molecule has 1 aliphatic carbocycles. The van der Waals surface area contributed by atoms with E-state index in [0.29, 0.717) is 39.0 Å². The Morgan fingerprint density at radius 1 is 1.17 bits per heavy atom. The Kier molecular flexibility index (Phi) is 8.44. The van der Waals surface area contributed by atoms with Crippen LogP contribution in [0.1, 0.15) is 39.5 Å². The van der Waals surface area contributed by atoms with Crippen LogP contribution >= 0.6 is 0 Å².